The monoisotopic (exact) mass is 427 g/mol. The summed E-state index contributed by atoms with van der Waals surface area (Å²) < 4.78 is 38.4. The zero-order valence-corrected chi connectivity index (χ0v) is 17.0. The van der Waals surface area contributed by atoms with Gasteiger partial charge in [-0.05, 0) is 30.8 Å². The Morgan fingerprint density at radius 1 is 1.32 bits per heavy atom. The number of aromatic nitrogens is 2. The van der Waals surface area contributed by atoms with Crippen molar-refractivity contribution in [2.75, 3.05) is 26.3 Å². The minimum Gasteiger partial charge on any atom is -0.378 e. The van der Waals surface area contributed by atoms with Gasteiger partial charge >= 0.3 is 0 Å². The van der Waals surface area contributed by atoms with Crippen LogP contribution in [0.3, 0.4) is 0 Å². The van der Waals surface area contributed by atoms with Crippen molar-refractivity contribution < 1.29 is 18.3 Å². The van der Waals surface area contributed by atoms with Crippen LogP contribution in [-0.2, 0) is 36.0 Å². The van der Waals surface area contributed by atoms with Crippen molar-refractivity contribution in [3.63, 3.8) is 0 Å². The molecule has 5 nitrogen and oxygen atoms in total. The zero-order chi connectivity index (χ0) is 20.0. The lowest BCUT2D eigenvalue weighted by molar-refractivity contribution is -0.134. The second kappa shape index (κ2) is 7.57. The van der Waals surface area contributed by atoms with Crippen LogP contribution < -0.4 is 0 Å². The number of hydrogen-bond acceptors (Lipinski definition) is 3. The summed E-state index contributed by atoms with van der Waals surface area (Å²) in [6, 6.07) is 2.40. The maximum Gasteiger partial charge on any atom is 0.228 e. The Balaban J connectivity index is 1.63. The Labute approximate surface area is 171 Å². The molecule has 3 heterocycles. The van der Waals surface area contributed by atoms with Crippen molar-refractivity contribution in [1.29, 1.82) is 0 Å². The first-order valence-electron chi connectivity index (χ1n) is 9.14. The highest BCUT2D eigenvalue weighted by Gasteiger charge is 2.33. The average Bonchev–Trinajstić information content (AvgIpc) is 3.21. The molecule has 0 unspecified atom stereocenters. The van der Waals surface area contributed by atoms with Gasteiger partial charge in [-0.25, -0.2) is 8.78 Å². The van der Waals surface area contributed by atoms with E-state index < -0.39 is 17.6 Å². The number of nitrogens with zero attached hydrogens (tertiary/aromatic N) is 3. The molecule has 0 aliphatic carbocycles. The molecular formula is C19H20ClF2N3O2S. The van der Waals surface area contributed by atoms with Gasteiger partial charge in [0.15, 0.2) is 4.77 Å². The topological polar surface area (TPSA) is 39.4 Å². The SMILES string of the molecule is Cn1c(CC(=O)N2CCOCC2)c2n(c1=S)C[C@H](c1c(F)ccc(Cl)c1F)C2. The maximum atomic E-state index is 14.5. The zero-order valence-electron chi connectivity index (χ0n) is 15.4. The Morgan fingerprint density at radius 3 is 2.75 bits per heavy atom. The van der Waals surface area contributed by atoms with Crippen LogP contribution in [0, 0.1) is 16.4 Å². The van der Waals surface area contributed by atoms with Crippen LogP contribution in [0.25, 0.3) is 0 Å². The minimum absolute atomic E-state index is 0.00543. The van der Waals surface area contributed by atoms with Crippen molar-refractivity contribution in [1.82, 2.24) is 14.0 Å². The van der Waals surface area contributed by atoms with E-state index in [-0.39, 0.29) is 22.9 Å². The highest BCUT2D eigenvalue weighted by Crippen LogP contribution is 2.37. The lowest BCUT2D eigenvalue weighted by atomic mass is 9.95. The molecule has 1 saturated heterocycles. The summed E-state index contributed by atoms with van der Waals surface area (Å²) in [5.41, 5.74) is 1.64. The summed E-state index contributed by atoms with van der Waals surface area (Å²) in [6.07, 6.45) is 0.611. The first kappa shape index (κ1) is 19.5. The highest BCUT2D eigenvalue weighted by molar-refractivity contribution is 7.71. The van der Waals surface area contributed by atoms with Crippen molar-refractivity contribution in [2.24, 2.45) is 7.05 Å². The number of amides is 1. The van der Waals surface area contributed by atoms with Crippen molar-refractivity contribution >= 4 is 29.7 Å². The van der Waals surface area contributed by atoms with E-state index in [0.29, 0.717) is 44.0 Å². The summed E-state index contributed by atoms with van der Waals surface area (Å²) >= 11 is 11.4. The second-order valence-corrected chi connectivity index (χ2v) is 7.95. The van der Waals surface area contributed by atoms with E-state index in [4.69, 9.17) is 28.6 Å². The summed E-state index contributed by atoms with van der Waals surface area (Å²) in [6.45, 7) is 2.57. The van der Waals surface area contributed by atoms with Gasteiger partial charge in [-0.15, -0.1) is 0 Å². The van der Waals surface area contributed by atoms with Crippen LogP contribution in [0.4, 0.5) is 8.78 Å². The molecule has 9 heteroatoms. The van der Waals surface area contributed by atoms with Gasteiger partial charge in [-0.1, -0.05) is 11.6 Å². The number of hydrogen-bond donors (Lipinski definition) is 0. The summed E-state index contributed by atoms with van der Waals surface area (Å²) in [5.74, 6) is -1.74. The molecule has 1 aromatic heterocycles. The number of rotatable bonds is 3. The van der Waals surface area contributed by atoms with Gasteiger partial charge in [0, 0.05) is 49.6 Å². The smallest absolute Gasteiger partial charge is 0.228 e. The number of benzene rings is 1. The lowest BCUT2D eigenvalue weighted by Gasteiger charge is -2.27. The highest BCUT2D eigenvalue weighted by atomic mass is 35.5. The predicted molar refractivity (Wildman–Crippen MR) is 103 cm³/mol. The molecule has 2 aromatic rings. The summed E-state index contributed by atoms with van der Waals surface area (Å²) in [4.78, 5) is 14.5. The quantitative estimate of drug-likeness (QED) is 0.557. The van der Waals surface area contributed by atoms with Gasteiger partial charge in [-0.3, -0.25) is 4.79 Å². The first-order chi connectivity index (χ1) is 13.4. The number of carbonyl (C=O) groups is 1. The van der Waals surface area contributed by atoms with E-state index in [0.717, 1.165) is 11.4 Å². The summed E-state index contributed by atoms with van der Waals surface area (Å²) in [7, 11) is 1.82. The summed E-state index contributed by atoms with van der Waals surface area (Å²) in [5, 5.41) is -0.0974. The van der Waals surface area contributed by atoms with E-state index in [1.165, 1.54) is 12.1 Å². The third kappa shape index (κ3) is 3.27. The lowest BCUT2D eigenvalue weighted by Crippen LogP contribution is -2.41. The van der Waals surface area contributed by atoms with Crippen LogP contribution in [0.1, 0.15) is 22.9 Å². The Hall–Kier alpha value is -1.77. The molecule has 4 rings (SSSR count). The van der Waals surface area contributed by atoms with Gasteiger partial charge < -0.3 is 18.8 Å². The molecule has 1 amide bonds. The predicted octanol–water partition coefficient (Wildman–Crippen LogP) is 3.23. The molecule has 1 aromatic carbocycles. The molecule has 0 spiro atoms. The van der Waals surface area contributed by atoms with Crippen LogP contribution in [-0.4, -0.2) is 46.2 Å². The van der Waals surface area contributed by atoms with E-state index >= 15 is 0 Å². The van der Waals surface area contributed by atoms with E-state index in [9.17, 15) is 13.6 Å². The number of ether oxygens (including phenoxy) is 1. The molecule has 0 radical (unpaired) electrons. The molecule has 0 saturated carbocycles. The van der Waals surface area contributed by atoms with Gasteiger partial charge in [0.1, 0.15) is 11.6 Å². The van der Waals surface area contributed by atoms with E-state index in [2.05, 4.69) is 0 Å². The number of fused-ring (bicyclic) bond motifs is 1. The third-order valence-corrected chi connectivity index (χ3v) is 6.38. The fraction of sp³-hybridized carbons (Fsp3) is 0.474. The van der Waals surface area contributed by atoms with Crippen molar-refractivity contribution in [2.45, 2.75) is 25.3 Å². The molecule has 2 aliphatic heterocycles. The second-order valence-electron chi connectivity index (χ2n) is 7.17. The Bertz CT molecular complexity index is 998. The van der Waals surface area contributed by atoms with Crippen molar-refractivity contribution in [3.8, 4) is 0 Å². The molecule has 150 valence electrons. The Kier molecular flexibility index (Phi) is 5.28. The molecular weight excluding hydrogens is 408 g/mol. The number of morpholine rings is 1. The maximum absolute atomic E-state index is 14.5. The largest absolute Gasteiger partial charge is 0.378 e. The van der Waals surface area contributed by atoms with Crippen LogP contribution in [0.2, 0.25) is 5.02 Å². The number of halogens is 3. The number of carbonyl (C=O) groups excluding carboxylic acids is 1. The van der Waals surface area contributed by atoms with E-state index in [1.54, 1.807) is 4.90 Å². The molecule has 0 bridgehead atoms. The van der Waals surface area contributed by atoms with Crippen LogP contribution >= 0.6 is 23.8 Å². The van der Waals surface area contributed by atoms with Crippen LogP contribution in [0.5, 0.6) is 0 Å². The molecule has 0 N–H and O–H groups in total. The molecule has 28 heavy (non-hydrogen) atoms. The normalized spacial score (nSPS) is 19.1. The molecule has 2 aliphatic rings. The fourth-order valence-electron chi connectivity index (χ4n) is 4.09. The first-order valence-corrected chi connectivity index (χ1v) is 9.93. The third-order valence-electron chi connectivity index (χ3n) is 5.59. The van der Waals surface area contributed by atoms with Gasteiger partial charge in [0.25, 0.3) is 0 Å². The standard InChI is InChI=1S/C19H20ClF2N3O2S/c1-23-14(9-16(26)24-4-6-27-7-5-24)15-8-11(10-25(15)19(23)28)17-13(21)3-2-12(20)18(17)22/h2-3,11H,4-10H2,1H3/t11-/m1/s1. The van der Waals surface area contributed by atoms with E-state index in [1.807, 2.05) is 16.2 Å². The number of imidazole rings is 1. The average molecular weight is 428 g/mol. The molecule has 1 fully saturated rings. The van der Waals surface area contributed by atoms with Crippen LogP contribution in [0.15, 0.2) is 12.1 Å². The van der Waals surface area contributed by atoms with Gasteiger partial charge in [-0.2, -0.15) is 0 Å². The molecule has 1 atom stereocenters. The minimum atomic E-state index is -0.723. The van der Waals surface area contributed by atoms with Gasteiger partial charge in [0.2, 0.25) is 5.91 Å². The van der Waals surface area contributed by atoms with Gasteiger partial charge in [0.05, 0.1) is 24.7 Å². The Morgan fingerprint density at radius 2 is 2.04 bits per heavy atom. The fourth-order valence-corrected chi connectivity index (χ4v) is 4.55. The van der Waals surface area contributed by atoms with Crippen molar-refractivity contribution in [3.05, 3.63) is 50.5 Å².